The maximum absolute atomic E-state index is 12.4. The van der Waals surface area contributed by atoms with E-state index in [4.69, 9.17) is 5.73 Å². The summed E-state index contributed by atoms with van der Waals surface area (Å²) < 4.78 is 63.3. The zero-order valence-electron chi connectivity index (χ0n) is 10.9. The van der Waals surface area contributed by atoms with E-state index in [0.717, 1.165) is 10.7 Å². The van der Waals surface area contributed by atoms with E-state index in [1.807, 2.05) is 6.92 Å². The summed E-state index contributed by atoms with van der Waals surface area (Å²) in [6, 6.07) is 0. The fraction of sp³-hybridized carbons (Fsp3) is 1.00. The lowest BCUT2D eigenvalue weighted by atomic mass is 10.0. The molecule has 0 aliphatic carbocycles. The van der Waals surface area contributed by atoms with E-state index in [0.29, 0.717) is 10.7 Å². The summed E-state index contributed by atoms with van der Waals surface area (Å²) >= 11 is 0. The molecule has 1 saturated heterocycles. The molecule has 2 N–H and O–H groups in total. The normalized spacial score (nSPS) is 22.9. The van der Waals surface area contributed by atoms with E-state index in [9.17, 15) is 21.6 Å². The molecule has 1 fully saturated rings. The molecule has 9 heteroatoms. The van der Waals surface area contributed by atoms with Crippen LogP contribution in [-0.2, 0) is 10.2 Å². The van der Waals surface area contributed by atoms with Crippen molar-refractivity contribution in [2.24, 2.45) is 11.7 Å². The minimum absolute atomic E-state index is 0.140. The van der Waals surface area contributed by atoms with E-state index in [-0.39, 0.29) is 32.1 Å². The lowest BCUT2D eigenvalue weighted by Gasteiger charge is -2.34. The minimum atomic E-state index is -4.57. The van der Waals surface area contributed by atoms with Gasteiger partial charge in [0.25, 0.3) is 10.2 Å². The van der Waals surface area contributed by atoms with Crippen molar-refractivity contribution < 1.29 is 21.6 Å². The molecule has 5 nitrogen and oxygen atoms in total. The highest BCUT2D eigenvalue weighted by molar-refractivity contribution is 7.86. The Kier molecular flexibility index (Phi) is 5.60. The Hall–Kier alpha value is -0.380. The Labute approximate surface area is 111 Å². The molecule has 0 amide bonds. The summed E-state index contributed by atoms with van der Waals surface area (Å²) in [5.41, 5.74) is 5.21. The molecule has 0 radical (unpaired) electrons. The van der Waals surface area contributed by atoms with Gasteiger partial charge < -0.3 is 5.73 Å². The molecule has 0 aromatic rings. The monoisotopic (exact) mass is 303 g/mol. The molecule has 1 rings (SSSR count). The van der Waals surface area contributed by atoms with Gasteiger partial charge in [0.1, 0.15) is 6.54 Å². The summed E-state index contributed by atoms with van der Waals surface area (Å²) in [6.45, 7) is 0.467. The summed E-state index contributed by atoms with van der Waals surface area (Å²) in [6.07, 6.45) is -3.01. The summed E-state index contributed by atoms with van der Waals surface area (Å²) in [5, 5.41) is 0. The Bertz CT molecular complexity index is 386. The molecule has 0 bridgehead atoms. The Balaban J connectivity index is 2.86. The minimum Gasteiger partial charge on any atom is -0.329 e. The second kappa shape index (κ2) is 6.38. The third-order valence-electron chi connectivity index (χ3n) is 3.01. The first-order valence-corrected chi connectivity index (χ1v) is 7.58. The first kappa shape index (κ1) is 16.7. The molecule has 1 heterocycles. The van der Waals surface area contributed by atoms with Crippen molar-refractivity contribution in [1.82, 2.24) is 8.61 Å². The van der Waals surface area contributed by atoms with E-state index in [1.54, 1.807) is 0 Å². The number of nitrogens with two attached hydrogens (primary N) is 1. The number of halogens is 3. The predicted octanol–water partition coefficient (Wildman–Crippen LogP) is 0.786. The number of nitrogens with zero attached hydrogens (tertiary/aromatic N) is 2. The van der Waals surface area contributed by atoms with Crippen molar-refractivity contribution in [3.8, 4) is 0 Å². The number of alkyl halides is 3. The number of rotatable bonds is 5. The molecule has 0 aromatic heterocycles. The van der Waals surface area contributed by atoms with Crippen LogP contribution in [0.25, 0.3) is 0 Å². The maximum Gasteiger partial charge on any atom is 0.402 e. The van der Waals surface area contributed by atoms with Crippen LogP contribution in [0.15, 0.2) is 0 Å². The van der Waals surface area contributed by atoms with Gasteiger partial charge in [-0.15, -0.1) is 0 Å². The lowest BCUT2D eigenvalue weighted by molar-refractivity contribution is -0.136. The highest BCUT2D eigenvalue weighted by atomic mass is 32.2. The third-order valence-corrected chi connectivity index (χ3v) is 4.95. The first-order valence-electron chi connectivity index (χ1n) is 6.19. The molecule has 1 aliphatic heterocycles. The van der Waals surface area contributed by atoms with E-state index in [2.05, 4.69) is 0 Å². The first-order chi connectivity index (χ1) is 8.66. The second-order valence-electron chi connectivity index (χ2n) is 4.85. The molecule has 1 atom stereocenters. The highest BCUT2D eigenvalue weighted by Crippen LogP contribution is 2.23. The SMILES string of the molecule is CC1CCCN(S(=O)(=O)N(CCN)CC(F)(F)F)C1. The van der Waals surface area contributed by atoms with Crippen LogP contribution in [0, 0.1) is 5.92 Å². The zero-order chi connectivity index (χ0) is 14.7. The van der Waals surface area contributed by atoms with Crippen molar-refractivity contribution >= 4 is 10.2 Å². The van der Waals surface area contributed by atoms with Crippen LogP contribution in [0.1, 0.15) is 19.8 Å². The van der Waals surface area contributed by atoms with Crippen molar-refractivity contribution in [3.63, 3.8) is 0 Å². The van der Waals surface area contributed by atoms with Crippen LogP contribution in [0.5, 0.6) is 0 Å². The van der Waals surface area contributed by atoms with Gasteiger partial charge >= 0.3 is 6.18 Å². The van der Waals surface area contributed by atoms with Crippen LogP contribution in [0.3, 0.4) is 0 Å². The van der Waals surface area contributed by atoms with Gasteiger partial charge in [-0.05, 0) is 18.8 Å². The fourth-order valence-corrected chi connectivity index (χ4v) is 3.91. The molecule has 0 spiro atoms. The van der Waals surface area contributed by atoms with Gasteiger partial charge in [0.15, 0.2) is 0 Å². The van der Waals surface area contributed by atoms with Gasteiger partial charge in [-0.2, -0.15) is 30.2 Å². The standard InChI is InChI=1S/C10H20F3N3O2S/c1-9-3-2-5-15(7-9)19(17,18)16(6-4-14)8-10(11,12)13/h9H,2-8,14H2,1H3. The lowest BCUT2D eigenvalue weighted by Crippen LogP contribution is -2.51. The van der Waals surface area contributed by atoms with E-state index in [1.165, 1.54) is 0 Å². The van der Waals surface area contributed by atoms with Gasteiger partial charge in [0.2, 0.25) is 0 Å². The molecule has 19 heavy (non-hydrogen) atoms. The van der Waals surface area contributed by atoms with E-state index >= 15 is 0 Å². The second-order valence-corrected chi connectivity index (χ2v) is 6.78. The third kappa shape index (κ3) is 4.90. The number of hydrogen-bond acceptors (Lipinski definition) is 3. The Morgan fingerprint density at radius 3 is 2.53 bits per heavy atom. The van der Waals surface area contributed by atoms with Crippen LogP contribution < -0.4 is 5.73 Å². The maximum atomic E-state index is 12.4. The van der Waals surface area contributed by atoms with E-state index < -0.39 is 22.9 Å². The molecule has 1 unspecified atom stereocenters. The fourth-order valence-electron chi connectivity index (χ4n) is 2.14. The molecular weight excluding hydrogens is 283 g/mol. The summed E-state index contributed by atoms with van der Waals surface area (Å²) in [5.74, 6) is 0.161. The van der Waals surface area contributed by atoms with Gasteiger partial charge in [-0.3, -0.25) is 0 Å². The molecular formula is C10H20F3N3O2S. The largest absolute Gasteiger partial charge is 0.402 e. The molecule has 0 aromatic carbocycles. The topological polar surface area (TPSA) is 66.6 Å². The van der Waals surface area contributed by atoms with Crippen LogP contribution in [0.4, 0.5) is 13.2 Å². The quantitative estimate of drug-likeness (QED) is 0.816. The van der Waals surface area contributed by atoms with Crippen molar-refractivity contribution in [2.75, 3.05) is 32.7 Å². The highest BCUT2D eigenvalue weighted by Gasteiger charge is 2.39. The van der Waals surface area contributed by atoms with Crippen molar-refractivity contribution in [1.29, 1.82) is 0 Å². The average Bonchev–Trinajstić information content (AvgIpc) is 2.26. The van der Waals surface area contributed by atoms with Crippen LogP contribution >= 0.6 is 0 Å². The van der Waals surface area contributed by atoms with Gasteiger partial charge in [-0.1, -0.05) is 6.92 Å². The number of hydrogen-bond donors (Lipinski definition) is 1. The summed E-state index contributed by atoms with van der Waals surface area (Å²) in [4.78, 5) is 0. The molecule has 0 saturated carbocycles. The average molecular weight is 303 g/mol. The Morgan fingerprint density at radius 1 is 1.42 bits per heavy atom. The van der Waals surface area contributed by atoms with Crippen LogP contribution in [-0.4, -0.2) is 55.9 Å². The Morgan fingerprint density at radius 2 is 2.05 bits per heavy atom. The van der Waals surface area contributed by atoms with Gasteiger partial charge in [0.05, 0.1) is 0 Å². The van der Waals surface area contributed by atoms with Crippen molar-refractivity contribution in [3.05, 3.63) is 0 Å². The summed E-state index contributed by atoms with van der Waals surface area (Å²) in [7, 11) is -4.09. The van der Waals surface area contributed by atoms with Gasteiger partial charge in [-0.25, -0.2) is 0 Å². The molecule has 114 valence electrons. The van der Waals surface area contributed by atoms with Crippen molar-refractivity contribution in [2.45, 2.75) is 25.9 Å². The molecule has 1 aliphatic rings. The van der Waals surface area contributed by atoms with Crippen LogP contribution in [0.2, 0.25) is 0 Å². The predicted molar refractivity (Wildman–Crippen MR) is 65.6 cm³/mol. The zero-order valence-corrected chi connectivity index (χ0v) is 11.7. The number of piperidine rings is 1. The smallest absolute Gasteiger partial charge is 0.329 e. The van der Waals surface area contributed by atoms with Gasteiger partial charge in [0, 0.05) is 26.2 Å².